The number of pyridine rings is 1. The summed E-state index contributed by atoms with van der Waals surface area (Å²) >= 11 is 0. The summed E-state index contributed by atoms with van der Waals surface area (Å²) in [5, 5.41) is 5.34. The molecule has 0 aliphatic heterocycles. The smallest absolute Gasteiger partial charge is 0.413 e. The van der Waals surface area contributed by atoms with Crippen molar-refractivity contribution in [1.82, 2.24) is 9.88 Å². The number of benzene rings is 1. The molecule has 144 valence electrons. The Morgan fingerprint density at radius 1 is 1.07 bits per heavy atom. The monoisotopic (exact) mass is 370 g/mol. The molecule has 0 saturated carbocycles. The van der Waals surface area contributed by atoms with Crippen molar-refractivity contribution in [3.63, 3.8) is 0 Å². The summed E-state index contributed by atoms with van der Waals surface area (Å²) in [5.41, 5.74) is 1.12. The van der Waals surface area contributed by atoms with Gasteiger partial charge in [-0.15, -0.1) is 0 Å². The predicted molar refractivity (Wildman–Crippen MR) is 105 cm³/mol. The minimum absolute atomic E-state index is 0.136. The van der Waals surface area contributed by atoms with E-state index in [4.69, 9.17) is 4.74 Å². The number of carbonyl (C=O) groups is 2. The minimum atomic E-state index is -0.580. The standard InChI is InChI=1S/C20H26N4O3/c1-20(2,3)27-19(26)23-17-11-10-16(12-21-17)22-18(25)14-24(4)13-15-8-6-5-7-9-15/h5-12H,13-14H2,1-4H3,(H,22,25)(H,21,23,26). The molecule has 0 aliphatic carbocycles. The zero-order valence-corrected chi connectivity index (χ0v) is 16.2. The summed E-state index contributed by atoms with van der Waals surface area (Å²) in [4.78, 5) is 29.9. The van der Waals surface area contributed by atoms with Crippen molar-refractivity contribution in [1.29, 1.82) is 0 Å². The van der Waals surface area contributed by atoms with Gasteiger partial charge in [-0.3, -0.25) is 15.0 Å². The molecule has 2 aromatic rings. The van der Waals surface area contributed by atoms with Gasteiger partial charge in [0.25, 0.3) is 0 Å². The first kappa shape index (κ1) is 20.4. The van der Waals surface area contributed by atoms with E-state index in [9.17, 15) is 9.59 Å². The van der Waals surface area contributed by atoms with Crippen LogP contribution >= 0.6 is 0 Å². The molecule has 0 saturated heterocycles. The van der Waals surface area contributed by atoms with E-state index in [0.717, 1.165) is 5.56 Å². The Morgan fingerprint density at radius 2 is 1.78 bits per heavy atom. The molecule has 1 aromatic carbocycles. The quantitative estimate of drug-likeness (QED) is 0.813. The number of anilines is 2. The Bertz CT molecular complexity index is 755. The summed E-state index contributed by atoms with van der Waals surface area (Å²) in [6.07, 6.45) is 0.913. The summed E-state index contributed by atoms with van der Waals surface area (Å²) < 4.78 is 5.16. The Hall–Kier alpha value is -2.93. The SMILES string of the molecule is CN(CC(=O)Nc1ccc(NC(=O)OC(C)(C)C)nc1)Cc1ccccc1. The first-order chi connectivity index (χ1) is 12.7. The number of carbonyl (C=O) groups excluding carboxylic acids is 2. The average Bonchev–Trinajstić information content (AvgIpc) is 2.55. The van der Waals surface area contributed by atoms with Gasteiger partial charge in [-0.25, -0.2) is 9.78 Å². The molecule has 7 heteroatoms. The molecule has 2 rings (SSSR count). The summed E-state index contributed by atoms with van der Waals surface area (Å²) in [7, 11) is 1.89. The molecular formula is C20H26N4O3. The van der Waals surface area contributed by atoms with Crippen LogP contribution in [0.3, 0.4) is 0 Å². The number of amides is 2. The Balaban J connectivity index is 1.81. The molecular weight excluding hydrogens is 344 g/mol. The number of nitrogens with zero attached hydrogens (tertiary/aromatic N) is 2. The van der Waals surface area contributed by atoms with Gasteiger partial charge in [-0.05, 0) is 45.5 Å². The largest absolute Gasteiger partial charge is 0.444 e. The third kappa shape index (κ3) is 7.87. The second kappa shape index (κ2) is 9.14. The van der Waals surface area contributed by atoms with Crippen LogP contribution in [0.15, 0.2) is 48.7 Å². The molecule has 0 atom stereocenters. The van der Waals surface area contributed by atoms with Gasteiger partial charge in [-0.2, -0.15) is 0 Å². The maximum absolute atomic E-state index is 12.2. The number of aromatic nitrogens is 1. The van der Waals surface area contributed by atoms with Crippen molar-refractivity contribution in [2.24, 2.45) is 0 Å². The average molecular weight is 370 g/mol. The van der Waals surface area contributed by atoms with E-state index < -0.39 is 11.7 Å². The van der Waals surface area contributed by atoms with Crippen molar-refractivity contribution in [2.75, 3.05) is 24.2 Å². The molecule has 2 N–H and O–H groups in total. The zero-order valence-electron chi connectivity index (χ0n) is 16.2. The number of nitrogens with one attached hydrogen (secondary N) is 2. The lowest BCUT2D eigenvalue weighted by Gasteiger charge is -2.19. The summed E-state index contributed by atoms with van der Waals surface area (Å²) in [6.45, 7) is 6.30. The number of ether oxygens (including phenoxy) is 1. The van der Waals surface area contributed by atoms with Crippen LogP contribution in [0.5, 0.6) is 0 Å². The van der Waals surface area contributed by atoms with E-state index in [1.807, 2.05) is 42.3 Å². The molecule has 1 heterocycles. The van der Waals surface area contributed by atoms with Crippen LogP contribution in [-0.2, 0) is 16.1 Å². The highest BCUT2D eigenvalue weighted by atomic mass is 16.6. The second-order valence-corrected chi connectivity index (χ2v) is 7.27. The fourth-order valence-electron chi connectivity index (χ4n) is 2.35. The van der Waals surface area contributed by atoms with Gasteiger partial charge in [0.05, 0.1) is 18.4 Å². The lowest BCUT2D eigenvalue weighted by Crippen LogP contribution is -2.30. The molecule has 27 heavy (non-hydrogen) atoms. The second-order valence-electron chi connectivity index (χ2n) is 7.27. The fraction of sp³-hybridized carbons (Fsp3) is 0.350. The molecule has 0 bridgehead atoms. The van der Waals surface area contributed by atoms with E-state index in [-0.39, 0.29) is 12.5 Å². The number of hydrogen-bond donors (Lipinski definition) is 2. The van der Waals surface area contributed by atoms with Gasteiger partial charge in [0.2, 0.25) is 5.91 Å². The van der Waals surface area contributed by atoms with Crippen molar-refractivity contribution in [3.8, 4) is 0 Å². The first-order valence-corrected chi connectivity index (χ1v) is 8.70. The highest BCUT2D eigenvalue weighted by Crippen LogP contribution is 2.12. The molecule has 0 radical (unpaired) electrons. The van der Waals surface area contributed by atoms with Crippen LogP contribution in [-0.4, -0.2) is 41.1 Å². The molecule has 7 nitrogen and oxygen atoms in total. The highest BCUT2D eigenvalue weighted by molar-refractivity contribution is 5.92. The molecule has 0 aliphatic rings. The molecule has 1 aromatic heterocycles. The highest BCUT2D eigenvalue weighted by Gasteiger charge is 2.16. The number of hydrogen-bond acceptors (Lipinski definition) is 5. The van der Waals surface area contributed by atoms with Crippen LogP contribution in [0, 0.1) is 0 Å². The van der Waals surface area contributed by atoms with Gasteiger partial charge in [0, 0.05) is 6.54 Å². The van der Waals surface area contributed by atoms with Gasteiger partial charge in [0.15, 0.2) is 0 Å². The summed E-state index contributed by atoms with van der Waals surface area (Å²) in [6, 6.07) is 13.2. The zero-order chi connectivity index (χ0) is 19.9. The van der Waals surface area contributed by atoms with Crippen molar-refractivity contribution in [2.45, 2.75) is 32.9 Å². The Labute approximate surface area is 159 Å². The van der Waals surface area contributed by atoms with Crippen LogP contribution in [0.4, 0.5) is 16.3 Å². The van der Waals surface area contributed by atoms with Crippen LogP contribution < -0.4 is 10.6 Å². The number of likely N-dealkylation sites (N-methyl/N-ethyl adjacent to an activating group) is 1. The minimum Gasteiger partial charge on any atom is -0.444 e. The molecule has 0 spiro atoms. The third-order valence-electron chi connectivity index (χ3n) is 3.39. The van der Waals surface area contributed by atoms with Crippen molar-refractivity contribution >= 4 is 23.5 Å². The van der Waals surface area contributed by atoms with E-state index >= 15 is 0 Å². The predicted octanol–water partition coefficient (Wildman–Crippen LogP) is 3.50. The van der Waals surface area contributed by atoms with Gasteiger partial charge in [-0.1, -0.05) is 30.3 Å². The van der Waals surface area contributed by atoms with Crippen LogP contribution in [0.1, 0.15) is 26.3 Å². The molecule has 2 amide bonds. The topological polar surface area (TPSA) is 83.6 Å². The van der Waals surface area contributed by atoms with Gasteiger partial charge < -0.3 is 10.1 Å². The first-order valence-electron chi connectivity index (χ1n) is 8.70. The third-order valence-corrected chi connectivity index (χ3v) is 3.39. The summed E-state index contributed by atoms with van der Waals surface area (Å²) in [5.74, 6) is 0.214. The molecule has 0 unspecified atom stereocenters. The maximum Gasteiger partial charge on any atom is 0.413 e. The van der Waals surface area contributed by atoms with Crippen LogP contribution in [0.2, 0.25) is 0 Å². The lowest BCUT2D eigenvalue weighted by molar-refractivity contribution is -0.117. The van der Waals surface area contributed by atoms with Crippen LogP contribution in [0.25, 0.3) is 0 Å². The Kier molecular flexibility index (Phi) is 6.90. The Morgan fingerprint density at radius 3 is 2.37 bits per heavy atom. The maximum atomic E-state index is 12.2. The normalized spacial score (nSPS) is 11.1. The van der Waals surface area contributed by atoms with Gasteiger partial charge in [0.1, 0.15) is 11.4 Å². The lowest BCUT2D eigenvalue weighted by atomic mass is 10.2. The number of rotatable bonds is 6. The van der Waals surface area contributed by atoms with E-state index in [2.05, 4.69) is 15.6 Å². The van der Waals surface area contributed by atoms with E-state index in [0.29, 0.717) is 18.1 Å². The fourth-order valence-corrected chi connectivity index (χ4v) is 2.35. The van der Waals surface area contributed by atoms with Crippen molar-refractivity contribution in [3.05, 3.63) is 54.2 Å². The van der Waals surface area contributed by atoms with Crippen molar-refractivity contribution < 1.29 is 14.3 Å². The van der Waals surface area contributed by atoms with E-state index in [1.54, 1.807) is 32.9 Å². The van der Waals surface area contributed by atoms with E-state index in [1.165, 1.54) is 6.20 Å². The molecule has 0 fully saturated rings. The van der Waals surface area contributed by atoms with Gasteiger partial charge >= 0.3 is 6.09 Å².